The van der Waals surface area contributed by atoms with Crippen LogP contribution in [0.3, 0.4) is 0 Å². The van der Waals surface area contributed by atoms with Gasteiger partial charge < -0.3 is 0 Å². The lowest BCUT2D eigenvalue weighted by Gasteiger charge is -2.37. The van der Waals surface area contributed by atoms with Crippen LogP contribution in [0.4, 0.5) is 0 Å². The Morgan fingerprint density at radius 2 is 1.73 bits per heavy atom. The van der Waals surface area contributed by atoms with Crippen molar-refractivity contribution in [3.05, 3.63) is 0 Å². The van der Waals surface area contributed by atoms with Crippen LogP contribution in [0.5, 0.6) is 0 Å². The van der Waals surface area contributed by atoms with E-state index in [2.05, 4.69) is 13.8 Å². The quantitative estimate of drug-likeness (QED) is 0.470. The van der Waals surface area contributed by atoms with Crippen LogP contribution in [0.2, 0.25) is 29.8 Å². The van der Waals surface area contributed by atoms with Crippen molar-refractivity contribution >= 4 is 27.3 Å². The number of halogens is 1. The molecule has 15 heavy (non-hydrogen) atoms. The van der Waals surface area contributed by atoms with E-state index in [1.807, 2.05) is 0 Å². The van der Waals surface area contributed by atoms with Gasteiger partial charge in [0, 0.05) is 0 Å². The van der Waals surface area contributed by atoms with E-state index < -0.39 is 16.2 Å². The smallest absolute Gasteiger partial charge is 0.138 e. The Kier molecular flexibility index (Phi) is 6.55. The third-order valence-corrected chi connectivity index (χ3v) is 16.6. The van der Waals surface area contributed by atoms with Crippen LogP contribution in [-0.4, -0.2) is 16.2 Å². The summed E-state index contributed by atoms with van der Waals surface area (Å²) >= 11 is 6.53. The minimum absolute atomic E-state index is 0.771. The number of rotatable bonds is 6. The Morgan fingerprint density at radius 1 is 1.13 bits per heavy atom. The molecule has 1 aliphatic rings. The molecule has 0 aromatic heterocycles. The lowest BCUT2D eigenvalue weighted by Crippen LogP contribution is -2.41. The van der Waals surface area contributed by atoms with Crippen molar-refractivity contribution in [3.8, 4) is 0 Å². The predicted octanol–water partition coefficient (Wildman–Crippen LogP) is 4.94. The molecule has 1 aliphatic heterocycles. The number of hydrogen-bond acceptors (Lipinski definition) is 0. The first-order valence-corrected chi connectivity index (χ1v) is 13.1. The van der Waals surface area contributed by atoms with E-state index in [0.717, 1.165) is 0 Å². The van der Waals surface area contributed by atoms with Crippen molar-refractivity contribution in [3.63, 3.8) is 0 Å². The lowest BCUT2D eigenvalue weighted by atomic mass is 10.4. The van der Waals surface area contributed by atoms with Gasteiger partial charge in [0.2, 0.25) is 0 Å². The molecule has 1 saturated heterocycles. The summed E-state index contributed by atoms with van der Waals surface area (Å²) < 4.78 is 0. The summed E-state index contributed by atoms with van der Waals surface area (Å²) in [5.74, 6) is 0. The summed E-state index contributed by atoms with van der Waals surface area (Å²) in [6, 6.07) is 6.23. The van der Waals surface area contributed by atoms with Gasteiger partial charge in [0.15, 0.2) is 0 Å². The fourth-order valence-electron chi connectivity index (χ4n) is 3.06. The zero-order valence-electron chi connectivity index (χ0n) is 10.5. The second-order valence-corrected chi connectivity index (χ2v) is 15.2. The summed E-state index contributed by atoms with van der Waals surface area (Å²) in [6.07, 6.45) is 7.21. The SMILES string of the molecule is CCCC[Si]1(CCCC)CCC[SiH](Cl)C1. The summed E-state index contributed by atoms with van der Waals surface area (Å²) in [5, 5.41) is 0. The van der Waals surface area contributed by atoms with Crippen molar-refractivity contribution in [1.82, 2.24) is 0 Å². The summed E-state index contributed by atoms with van der Waals surface area (Å²) in [7, 11) is -1.63. The molecule has 0 aliphatic carbocycles. The molecule has 1 fully saturated rings. The Balaban J connectivity index is 2.49. The maximum atomic E-state index is 6.53. The minimum Gasteiger partial charge on any atom is -0.172 e. The van der Waals surface area contributed by atoms with Crippen LogP contribution in [-0.2, 0) is 0 Å². The first-order valence-electron chi connectivity index (χ1n) is 6.86. The van der Waals surface area contributed by atoms with Gasteiger partial charge in [0.1, 0.15) is 8.11 Å². The number of hydrogen-bond donors (Lipinski definition) is 0. The molecule has 3 heteroatoms. The van der Waals surface area contributed by atoms with Crippen LogP contribution in [0, 0.1) is 0 Å². The van der Waals surface area contributed by atoms with Crippen LogP contribution in [0.15, 0.2) is 0 Å². The maximum absolute atomic E-state index is 6.53. The molecule has 90 valence electrons. The molecule has 0 aromatic rings. The zero-order valence-corrected chi connectivity index (χ0v) is 13.4. The van der Waals surface area contributed by atoms with Crippen LogP contribution in [0.1, 0.15) is 46.0 Å². The van der Waals surface area contributed by atoms with Crippen molar-refractivity contribution < 1.29 is 0 Å². The second-order valence-electron chi connectivity index (χ2n) is 5.40. The van der Waals surface area contributed by atoms with E-state index in [1.165, 1.54) is 38.1 Å². The fourth-order valence-corrected chi connectivity index (χ4v) is 18.5. The third kappa shape index (κ3) is 4.62. The van der Waals surface area contributed by atoms with Gasteiger partial charge in [-0.1, -0.05) is 69.8 Å². The lowest BCUT2D eigenvalue weighted by molar-refractivity contribution is 0.806. The second kappa shape index (κ2) is 7.13. The Labute approximate surface area is 103 Å². The first kappa shape index (κ1) is 13.8. The monoisotopic (exact) mass is 262 g/mol. The molecule has 0 aromatic carbocycles. The average Bonchev–Trinajstić information content (AvgIpc) is 2.24. The van der Waals surface area contributed by atoms with Gasteiger partial charge in [0.25, 0.3) is 0 Å². The highest BCUT2D eigenvalue weighted by atomic mass is 35.6. The maximum Gasteiger partial charge on any atom is 0.138 e. The molecule has 1 heterocycles. The summed E-state index contributed by atoms with van der Waals surface area (Å²) in [6.45, 7) is 4.67. The molecule has 0 radical (unpaired) electrons. The molecular formula is C12H27ClSi2. The average molecular weight is 263 g/mol. The summed E-state index contributed by atoms with van der Waals surface area (Å²) in [5.41, 5.74) is 1.56. The molecular weight excluding hydrogens is 236 g/mol. The summed E-state index contributed by atoms with van der Waals surface area (Å²) in [4.78, 5) is 0. The van der Waals surface area contributed by atoms with Gasteiger partial charge in [-0.25, -0.2) is 0 Å². The van der Waals surface area contributed by atoms with Crippen molar-refractivity contribution in [2.45, 2.75) is 75.8 Å². The zero-order chi connectivity index (χ0) is 11.1. The van der Waals surface area contributed by atoms with E-state index in [1.54, 1.807) is 23.8 Å². The van der Waals surface area contributed by atoms with Gasteiger partial charge in [0.05, 0.1) is 8.07 Å². The molecule has 1 rings (SSSR count). The third-order valence-electron chi connectivity index (χ3n) is 4.00. The number of unbranched alkanes of at least 4 members (excludes halogenated alkanes) is 2. The molecule has 1 atom stereocenters. The predicted molar refractivity (Wildman–Crippen MR) is 77.2 cm³/mol. The highest BCUT2D eigenvalue weighted by molar-refractivity contribution is 7.13. The van der Waals surface area contributed by atoms with Gasteiger partial charge in [-0.2, -0.15) is 11.1 Å². The van der Waals surface area contributed by atoms with Crippen molar-refractivity contribution in [2.75, 3.05) is 0 Å². The van der Waals surface area contributed by atoms with Crippen LogP contribution < -0.4 is 0 Å². The molecule has 0 spiro atoms. The molecule has 0 saturated carbocycles. The van der Waals surface area contributed by atoms with Crippen LogP contribution >= 0.6 is 11.1 Å². The van der Waals surface area contributed by atoms with Gasteiger partial charge in [-0.05, 0) is 6.04 Å². The van der Waals surface area contributed by atoms with E-state index in [0.29, 0.717) is 0 Å². The Morgan fingerprint density at radius 3 is 2.20 bits per heavy atom. The first-order chi connectivity index (χ1) is 7.22. The molecule has 0 N–H and O–H groups in total. The Bertz CT molecular complexity index is 165. The van der Waals surface area contributed by atoms with Crippen molar-refractivity contribution in [2.24, 2.45) is 0 Å². The normalized spacial score (nSPS) is 25.4. The molecule has 0 amide bonds. The topological polar surface area (TPSA) is 0 Å². The van der Waals surface area contributed by atoms with Gasteiger partial charge in [-0.15, -0.1) is 0 Å². The molecule has 0 bridgehead atoms. The largest absolute Gasteiger partial charge is 0.172 e. The Hall–Kier alpha value is 0.724. The van der Waals surface area contributed by atoms with Gasteiger partial charge >= 0.3 is 0 Å². The minimum atomic E-state index is -0.858. The van der Waals surface area contributed by atoms with Gasteiger partial charge in [-0.3, -0.25) is 0 Å². The van der Waals surface area contributed by atoms with Crippen LogP contribution in [0.25, 0.3) is 0 Å². The molecule has 0 nitrogen and oxygen atoms in total. The van der Waals surface area contributed by atoms with E-state index >= 15 is 0 Å². The van der Waals surface area contributed by atoms with E-state index in [9.17, 15) is 0 Å². The standard InChI is InChI=1S/C12H27ClSi2/c1-3-5-9-15(10-6-4-2)11-7-8-14(13)12-15/h14H,3-12H2,1-2H3. The molecule has 1 unspecified atom stereocenters. The van der Waals surface area contributed by atoms with E-state index in [4.69, 9.17) is 11.1 Å². The van der Waals surface area contributed by atoms with Crippen molar-refractivity contribution in [1.29, 1.82) is 0 Å². The highest BCUT2D eigenvalue weighted by Gasteiger charge is 2.36. The fraction of sp³-hybridized carbons (Fsp3) is 1.00. The highest BCUT2D eigenvalue weighted by Crippen LogP contribution is 2.38. The van der Waals surface area contributed by atoms with E-state index in [-0.39, 0.29) is 0 Å².